The van der Waals surface area contributed by atoms with Crippen molar-refractivity contribution in [3.63, 3.8) is 0 Å². The van der Waals surface area contributed by atoms with Gasteiger partial charge in [0.05, 0.1) is 0 Å². The lowest BCUT2D eigenvalue weighted by molar-refractivity contribution is 0.0915. The van der Waals surface area contributed by atoms with Crippen molar-refractivity contribution in [2.24, 2.45) is 5.92 Å². The van der Waals surface area contributed by atoms with E-state index in [1.165, 1.54) is 0 Å². The number of aromatic amines is 1. The second-order valence-corrected chi connectivity index (χ2v) is 5.16. The third-order valence-corrected chi connectivity index (χ3v) is 3.78. The molecule has 1 aliphatic rings. The maximum absolute atomic E-state index is 12.0. The summed E-state index contributed by atoms with van der Waals surface area (Å²) >= 11 is 0. The van der Waals surface area contributed by atoms with Crippen LogP contribution in [0.1, 0.15) is 68.8 Å². The van der Waals surface area contributed by atoms with Crippen molar-refractivity contribution >= 4 is 5.91 Å². The summed E-state index contributed by atoms with van der Waals surface area (Å²) in [5.41, 5.74) is 0. The highest BCUT2D eigenvalue weighted by atomic mass is 16.2. The smallest absolute Gasteiger partial charge is 0.291 e. The van der Waals surface area contributed by atoms with Crippen molar-refractivity contribution in [1.29, 1.82) is 0 Å². The van der Waals surface area contributed by atoms with E-state index < -0.39 is 0 Å². The van der Waals surface area contributed by atoms with Crippen LogP contribution < -0.4 is 5.32 Å². The zero-order valence-corrected chi connectivity index (χ0v) is 11.4. The first-order valence-corrected chi connectivity index (χ1v) is 6.88. The highest BCUT2D eigenvalue weighted by molar-refractivity contribution is 5.90. The van der Waals surface area contributed by atoms with Crippen LogP contribution in [0, 0.1) is 5.92 Å². The lowest BCUT2D eigenvalue weighted by atomic mass is 9.95. The number of carbonyl (C=O) groups is 1. The van der Waals surface area contributed by atoms with Crippen LogP contribution in [0.3, 0.4) is 0 Å². The van der Waals surface area contributed by atoms with Gasteiger partial charge in [-0.3, -0.25) is 9.89 Å². The van der Waals surface area contributed by atoms with Crippen molar-refractivity contribution in [3.05, 3.63) is 11.6 Å². The molecule has 0 spiro atoms. The number of aromatic nitrogens is 3. The average Bonchev–Trinajstić information content (AvgIpc) is 3.08. The van der Waals surface area contributed by atoms with Crippen LogP contribution in [0.5, 0.6) is 0 Å². The summed E-state index contributed by atoms with van der Waals surface area (Å²) in [5, 5.41) is 9.84. The quantitative estimate of drug-likeness (QED) is 0.813. The van der Waals surface area contributed by atoms with E-state index in [-0.39, 0.29) is 17.8 Å². The lowest BCUT2D eigenvalue weighted by Gasteiger charge is -2.21. The molecule has 1 fully saturated rings. The van der Waals surface area contributed by atoms with Gasteiger partial charge in [0.1, 0.15) is 5.82 Å². The van der Waals surface area contributed by atoms with Gasteiger partial charge in [0.15, 0.2) is 0 Å². The van der Waals surface area contributed by atoms with Crippen molar-refractivity contribution in [1.82, 2.24) is 20.5 Å². The first kappa shape index (κ1) is 13.1. The number of amides is 1. The minimum Gasteiger partial charge on any atom is -0.347 e. The highest BCUT2D eigenvalue weighted by Crippen LogP contribution is 2.37. The zero-order chi connectivity index (χ0) is 13.1. The first-order valence-electron chi connectivity index (χ1n) is 6.88. The van der Waals surface area contributed by atoms with Crippen molar-refractivity contribution < 1.29 is 4.79 Å². The van der Waals surface area contributed by atoms with E-state index in [9.17, 15) is 4.79 Å². The van der Waals surface area contributed by atoms with Crippen molar-refractivity contribution in [3.8, 4) is 0 Å². The molecule has 0 aromatic carbocycles. The van der Waals surface area contributed by atoms with Gasteiger partial charge < -0.3 is 5.32 Å². The summed E-state index contributed by atoms with van der Waals surface area (Å²) in [6, 6.07) is 0.162. The molecule has 0 bridgehead atoms. The number of hydrogen-bond donors (Lipinski definition) is 2. The topological polar surface area (TPSA) is 70.7 Å². The summed E-state index contributed by atoms with van der Waals surface area (Å²) in [7, 11) is 0. The number of rotatable bonds is 6. The number of nitrogens with zero attached hydrogens (tertiary/aromatic N) is 2. The van der Waals surface area contributed by atoms with Crippen LogP contribution in [0.15, 0.2) is 0 Å². The molecule has 1 amide bonds. The van der Waals surface area contributed by atoms with Crippen LogP contribution in [-0.2, 0) is 0 Å². The fourth-order valence-electron chi connectivity index (χ4n) is 2.30. The van der Waals surface area contributed by atoms with Gasteiger partial charge in [0.25, 0.3) is 5.91 Å². The van der Waals surface area contributed by atoms with Crippen molar-refractivity contribution in [2.45, 2.75) is 58.4 Å². The van der Waals surface area contributed by atoms with Gasteiger partial charge in [-0.15, -0.1) is 5.10 Å². The number of nitrogens with one attached hydrogen (secondary N) is 2. The van der Waals surface area contributed by atoms with E-state index in [2.05, 4.69) is 34.3 Å². The summed E-state index contributed by atoms with van der Waals surface area (Å²) in [6.45, 7) is 6.34. The third-order valence-electron chi connectivity index (χ3n) is 3.78. The molecule has 2 rings (SSSR count). The fraction of sp³-hybridized carbons (Fsp3) is 0.769. The predicted molar refractivity (Wildman–Crippen MR) is 69.4 cm³/mol. The third kappa shape index (κ3) is 2.89. The minimum absolute atomic E-state index is 0.162. The Morgan fingerprint density at radius 3 is 2.67 bits per heavy atom. The molecule has 1 aromatic heterocycles. The number of carbonyl (C=O) groups excluding carboxylic acids is 1. The van der Waals surface area contributed by atoms with Gasteiger partial charge in [0, 0.05) is 12.0 Å². The molecule has 5 nitrogen and oxygen atoms in total. The zero-order valence-electron chi connectivity index (χ0n) is 11.4. The standard InChI is InChI=1S/C13H22N4O/c1-4-9(5-2)8(3)14-13(18)12-15-11(16-17-12)10-6-7-10/h8-10H,4-7H2,1-3H3,(H,14,18)(H,15,16,17). The fourth-order valence-corrected chi connectivity index (χ4v) is 2.30. The molecule has 18 heavy (non-hydrogen) atoms. The van der Waals surface area contributed by atoms with E-state index in [1.807, 2.05) is 6.92 Å². The number of hydrogen-bond acceptors (Lipinski definition) is 3. The normalized spacial score (nSPS) is 16.9. The Morgan fingerprint density at radius 1 is 1.44 bits per heavy atom. The summed E-state index contributed by atoms with van der Waals surface area (Å²) in [6.07, 6.45) is 4.44. The molecule has 0 saturated heterocycles. The Morgan fingerprint density at radius 2 is 2.11 bits per heavy atom. The molecule has 1 atom stereocenters. The highest BCUT2D eigenvalue weighted by Gasteiger charge is 2.28. The second kappa shape index (κ2) is 5.50. The van der Waals surface area contributed by atoms with E-state index in [0.717, 1.165) is 31.5 Å². The van der Waals surface area contributed by atoms with Gasteiger partial charge in [-0.25, -0.2) is 4.98 Å². The lowest BCUT2D eigenvalue weighted by Crippen LogP contribution is -2.38. The van der Waals surface area contributed by atoms with E-state index >= 15 is 0 Å². The van der Waals surface area contributed by atoms with Crippen LogP contribution in [0.2, 0.25) is 0 Å². The molecule has 1 heterocycles. The summed E-state index contributed by atoms with van der Waals surface area (Å²) in [4.78, 5) is 16.2. The van der Waals surface area contributed by atoms with Crippen LogP contribution >= 0.6 is 0 Å². The minimum atomic E-state index is -0.169. The van der Waals surface area contributed by atoms with Crippen LogP contribution in [0.25, 0.3) is 0 Å². The average molecular weight is 250 g/mol. The molecule has 5 heteroatoms. The Kier molecular flexibility index (Phi) is 3.99. The molecule has 2 N–H and O–H groups in total. The summed E-state index contributed by atoms with van der Waals surface area (Å²) in [5.74, 6) is 1.97. The molecule has 1 saturated carbocycles. The monoisotopic (exact) mass is 250 g/mol. The summed E-state index contributed by atoms with van der Waals surface area (Å²) < 4.78 is 0. The van der Waals surface area contributed by atoms with Gasteiger partial charge >= 0.3 is 0 Å². The largest absolute Gasteiger partial charge is 0.347 e. The molecule has 0 radical (unpaired) electrons. The molecule has 0 aliphatic heterocycles. The van der Waals surface area contributed by atoms with Crippen LogP contribution in [-0.4, -0.2) is 27.1 Å². The van der Waals surface area contributed by atoms with Crippen LogP contribution in [0.4, 0.5) is 0 Å². The first-order chi connectivity index (χ1) is 8.65. The Hall–Kier alpha value is -1.39. The number of H-pyrrole nitrogens is 1. The van der Waals surface area contributed by atoms with Gasteiger partial charge in [-0.05, 0) is 25.7 Å². The van der Waals surface area contributed by atoms with E-state index in [1.54, 1.807) is 0 Å². The predicted octanol–water partition coefficient (Wildman–Crippen LogP) is 2.24. The Labute approximate surface area is 108 Å². The van der Waals surface area contributed by atoms with E-state index in [0.29, 0.717) is 11.8 Å². The Balaban J connectivity index is 1.93. The SMILES string of the molecule is CCC(CC)C(C)NC(=O)c1n[nH]c(C2CC2)n1. The molecular formula is C13H22N4O. The maximum Gasteiger partial charge on any atom is 0.291 e. The molecular weight excluding hydrogens is 228 g/mol. The maximum atomic E-state index is 12.0. The second-order valence-electron chi connectivity index (χ2n) is 5.16. The van der Waals surface area contributed by atoms with E-state index in [4.69, 9.17) is 0 Å². The molecule has 1 aromatic rings. The Bertz CT molecular complexity index is 407. The molecule has 1 unspecified atom stereocenters. The van der Waals surface area contributed by atoms with Gasteiger partial charge in [0.2, 0.25) is 5.82 Å². The molecule has 100 valence electrons. The van der Waals surface area contributed by atoms with Gasteiger partial charge in [-0.2, -0.15) is 0 Å². The van der Waals surface area contributed by atoms with Gasteiger partial charge in [-0.1, -0.05) is 26.7 Å². The molecule has 1 aliphatic carbocycles. The van der Waals surface area contributed by atoms with Crippen molar-refractivity contribution in [2.75, 3.05) is 0 Å².